The Morgan fingerprint density at radius 2 is 1.77 bits per heavy atom. The maximum absolute atomic E-state index is 13.2. The summed E-state index contributed by atoms with van der Waals surface area (Å²) < 4.78 is 13.2. The van der Waals surface area contributed by atoms with Crippen LogP contribution in [0.1, 0.15) is 68.8 Å². The summed E-state index contributed by atoms with van der Waals surface area (Å²) in [7, 11) is 1.83. The second kappa shape index (κ2) is 14.8. The van der Waals surface area contributed by atoms with Crippen molar-refractivity contribution in [3.63, 3.8) is 0 Å². The monoisotopic (exact) mass is 538 g/mol. The lowest BCUT2D eigenvalue weighted by Gasteiger charge is -2.41. The minimum atomic E-state index is -0.310. The summed E-state index contributed by atoms with van der Waals surface area (Å²) in [6.07, 6.45) is 5.39. The summed E-state index contributed by atoms with van der Waals surface area (Å²) >= 11 is 0. The van der Waals surface area contributed by atoms with Gasteiger partial charge in [0.1, 0.15) is 5.82 Å². The molecule has 1 saturated carbocycles. The molecule has 3 amide bonds. The topological polar surface area (TPSA) is 81.8 Å². The number of hydrogen-bond donors (Lipinski definition) is 2. The van der Waals surface area contributed by atoms with E-state index in [1.807, 2.05) is 19.2 Å². The first-order valence-electron chi connectivity index (χ1n) is 14.0. The SMILES string of the molecule is CCCN(CCCc1ccc(F)cc1)C[C@@H]1CC[C@H](N(C)C(C)=O)C[C@H]1NC(=O)Nc1cccc(C(C)=O)c1. The third-order valence-electron chi connectivity index (χ3n) is 7.74. The van der Waals surface area contributed by atoms with Gasteiger partial charge in [-0.25, -0.2) is 9.18 Å². The summed E-state index contributed by atoms with van der Waals surface area (Å²) in [5, 5.41) is 6.07. The van der Waals surface area contributed by atoms with Crippen LogP contribution in [0.5, 0.6) is 0 Å². The Morgan fingerprint density at radius 3 is 2.44 bits per heavy atom. The van der Waals surface area contributed by atoms with Gasteiger partial charge < -0.3 is 20.4 Å². The molecule has 0 spiro atoms. The number of urea groups is 1. The van der Waals surface area contributed by atoms with Crippen LogP contribution in [0.15, 0.2) is 48.5 Å². The van der Waals surface area contributed by atoms with Crippen LogP contribution < -0.4 is 10.6 Å². The van der Waals surface area contributed by atoms with Gasteiger partial charge in [-0.1, -0.05) is 31.2 Å². The molecule has 1 aliphatic rings. The molecule has 39 heavy (non-hydrogen) atoms. The number of carbonyl (C=O) groups is 3. The third-order valence-corrected chi connectivity index (χ3v) is 7.74. The van der Waals surface area contributed by atoms with Gasteiger partial charge in [-0.05, 0) is 94.3 Å². The number of ketones is 1. The molecule has 0 aliphatic heterocycles. The predicted octanol–water partition coefficient (Wildman–Crippen LogP) is 5.51. The Hall–Kier alpha value is -3.26. The molecule has 0 unspecified atom stereocenters. The smallest absolute Gasteiger partial charge is 0.319 e. The Labute approximate surface area is 232 Å². The highest BCUT2D eigenvalue weighted by Gasteiger charge is 2.35. The molecule has 2 N–H and O–H groups in total. The van der Waals surface area contributed by atoms with E-state index in [4.69, 9.17) is 0 Å². The zero-order valence-electron chi connectivity index (χ0n) is 23.7. The van der Waals surface area contributed by atoms with Crippen molar-refractivity contribution in [2.24, 2.45) is 5.92 Å². The number of carbonyl (C=O) groups excluding carboxylic acids is 3. The van der Waals surface area contributed by atoms with Gasteiger partial charge in [0.15, 0.2) is 5.78 Å². The molecule has 0 heterocycles. The van der Waals surface area contributed by atoms with Gasteiger partial charge in [0, 0.05) is 43.9 Å². The molecule has 3 atom stereocenters. The van der Waals surface area contributed by atoms with Crippen molar-refractivity contribution in [3.05, 3.63) is 65.5 Å². The van der Waals surface area contributed by atoms with Gasteiger partial charge in [-0.3, -0.25) is 9.59 Å². The number of amides is 3. The molecule has 7 nitrogen and oxygen atoms in total. The summed E-state index contributed by atoms with van der Waals surface area (Å²) in [4.78, 5) is 41.1. The number of hydrogen-bond acceptors (Lipinski definition) is 4. The molecule has 2 aromatic rings. The number of benzene rings is 2. The van der Waals surface area contributed by atoms with Crippen molar-refractivity contribution in [1.82, 2.24) is 15.1 Å². The molecule has 8 heteroatoms. The van der Waals surface area contributed by atoms with E-state index in [1.54, 1.807) is 36.1 Å². The fourth-order valence-electron chi connectivity index (χ4n) is 5.47. The molecule has 0 saturated heterocycles. The van der Waals surface area contributed by atoms with Crippen molar-refractivity contribution >= 4 is 23.4 Å². The minimum Gasteiger partial charge on any atom is -0.343 e. The van der Waals surface area contributed by atoms with Crippen LogP contribution in [0.2, 0.25) is 0 Å². The maximum Gasteiger partial charge on any atom is 0.319 e. The van der Waals surface area contributed by atoms with E-state index in [9.17, 15) is 18.8 Å². The van der Waals surface area contributed by atoms with Gasteiger partial charge in [-0.15, -0.1) is 0 Å². The molecule has 0 radical (unpaired) electrons. The fourth-order valence-corrected chi connectivity index (χ4v) is 5.47. The average molecular weight is 539 g/mol. The quantitative estimate of drug-likeness (QED) is 0.349. The van der Waals surface area contributed by atoms with Crippen LogP contribution in [0.25, 0.3) is 0 Å². The Morgan fingerprint density at radius 1 is 1.03 bits per heavy atom. The van der Waals surface area contributed by atoms with Crippen LogP contribution in [-0.2, 0) is 11.2 Å². The number of aryl methyl sites for hydroxylation is 1. The number of nitrogens with one attached hydrogen (secondary N) is 2. The lowest BCUT2D eigenvalue weighted by atomic mass is 9.80. The molecular formula is C31H43FN4O3. The lowest BCUT2D eigenvalue weighted by molar-refractivity contribution is -0.130. The zero-order valence-corrected chi connectivity index (χ0v) is 23.7. The highest BCUT2D eigenvalue weighted by Crippen LogP contribution is 2.29. The van der Waals surface area contributed by atoms with Crippen LogP contribution >= 0.6 is 0 Å². The van der Waals surface area contributed by atoms with Crippen molar-refractivity contribution in [2.45, 2.75) is 71.4 Å². The number of halogens is 1. The minimum absolute atomic E-state index is 0.0242. The van der Waals surface area contributed by atoms with E-state index in [2.05, 4.69) is 22.5 Å². The van der Waals surface area contributed by atoms with E-state index in [0.717, 1.165) is 57.3 Å². The van der Waals surface area contributed by atoms with Gasteiger partial charge in [-0.2, -0.15) is 0 Å². The Bertz CT molecular complexity index is 1110. The van der Waals surface area contributed by atoms with Crippen LogP contribution in [0, 0.1) is 11.7 Å². The molecule has 3 rings (SSSR count). The third kappa shape index (κ3) is 9.46. The first-order valence-corrected chi connectivity index (χ1v) is 14.0. The van der Waals surface area contributed by atoms with Gasteiger partial charge in [0.25, 0.3) is 0 Å². The first-order chi connectivity index (χ1) is 18.7. The molecule has 0 bridgehead atoms. The van der Waals surface area contributed by atoms with Gasteiger partial charge in [0.05, 0.1) is 0 Å². The van der Waals surface area contributed by atoms with Crippen molar-refractivity contribution in [1.29, 1.82) is 0 Å². The van der Waals surface area contributed by atoms with Crippen molar-refractivity contribution < 1.29 is 18.8 Å². The summed E-state index contributed by atoms with van der Waals surface area (Å²) in [5.41, 5.74) is 2.24. The molecular weight excluding hydrogens is 495 g/mol. The number of rotatable bonds is 12. The highest BCUT2D eigenvalue weighted by molar-refractivity contribution is 5.96. The van der Waals surface area contributed by atoms with E-state index in [-0.39, 0.29) is 41.5 Å². The average Bonchev–Trinajstić information content (AvgIpc) is 2.90. The summed E-state index contributed by atoms with van der Waals surface area (Å²) in [6, 6.07) is 13.3. The second-order valence-electron chi connectivity index (χ2n) is 10.7. The van der Waals surface area contributed by atoms with Crippen LogP contribution in [0.4, 0.5) is 14.9 Å². The van der Waals surface area contributed by atoms with E-state index >= 15 is 0 Å². The van der Waals surface area contributed by atoms with Crippen molar-refractivity contribution in [3.8, 4) is 0 Å². The number of anilines is 1. The first kappa shape index (κ1) is 30.3. The summed E-state index contributed by atoms with van der Waals surface area (Å²) in [5.74, 6) is -0.00661. The van der Waals surface area contributed by atoms with Crippen LogP contribution in [0.3, 0.4) is 0 Å². The highest BCUT2D eigenvalue weighted by atomic mass is 19.1. The Kier molecular flexibility index (Phi) is 11.5. The van der Waals surface area contributed by atoms with Gasteiger partial charge >= 0.3 is 6.03 Å². The second-order valence-corrected chi connectivity index (χ2v) is 10.7. The van der Waals surface area contributed by atoms with Gasteiger partial charge in [0.2, 0.25) is 5.91 Å². The van der Waals surface area contributed by atoms with E-state index in [0.29, 0.717) is 17.7 Å². The van der Waals surface area contributed by atoms with E-state index in [1.165, 1.54) is 19.1 Å². The maximum atomic E-state index is 13.2. The molecule has 2 aromatic carbocycles. The number of Topliss-reactive ketones (excluding diaryl/α,β-unsaturated/α-hetero) is 1. The zero-order chi connectivity index (χ0) is 28.4. The summed E-state index contributed by atoms with van der Waals surface area (Å²) in [6.45, 7) is 8.00. The molecule has 1 aliphatic carbocycles. The Balaban J connectivity index is 1.66. The van der Waals surface area contributed by atoms with E-state index < -0.39 is 0 Å². The molecule has 1 fully saturated rings. The largest absolute Gasteiger partial charge is 0.343 e. The van der Waals surface area contributed by atoms with Crippen LogP contribution in [-0.4, -0.2) is 66.3 Å². The lowest BCUT2D eigenvalue weighted by Crippen LogP contribution is -2.53. The molecule has 212 valence electrons. The fraction of sp³-hybridized carbons (Fsp3) is 0.516. The normalized spacial score (nSPS) is 19.0. The molecule has 0 aromatic heterocycles. The predicted molar refractivity (Wildman–Crippen MR) is 153 cm³/mol. The van der Waals surface area contributed by atoms with Crippen molar-refractivity contribution in [2.75, 3.05) is 32.0 Å². The number of nitrogens with zero attached hydrogens (tertiary/aromatic N) is 2. The standard InChI is InChI=1S/C31H43FN4O3/c1-5-17-36(18-7-8-24-11-14-27(32)15-12-24)21-26-13-16-29(35(4)23(3)38)20-30(26)34-31(39)33-28-10-6-9-25(19-28)22(2)37/h6,9-12,14-15,19,26,29-30H,5,7-8,13,16-18,20-21H2,1-4H3,(H2,33,34,39)/t26-,29-,30+/m0/s1.